The third-order valence-electron chi connectivity index (χ3n) is 2.72. The van der Waals surface area contributed by atoms with Gasteiger partial charge >= 0.3 is 0 Å². The van der Waals surface area contributed by atoms with Gasteiger partial charge in [-0.2, -0.15) is 4.98 Å². The lowest BCUT2D eigenvalue weighted by molar-refractivity contribution is -0.121. The van der Waals surface area contributed by atoms with Gasteiger partial charge < -0.3 is 9.84 Å². The number of hydrogen-bond acceptors (Lipinski definition) is 6. The molecule has 19 heavy (non-hydrogen) atoms. The van der Waals surface area contributed by atoms with Gasteiger partial charge in [-0.1, -0.05) is 5.16 Å². The summed E-state index contributed by atoms with van der Waals surface area (Å²) < 4.78 is 6.06. The Bertz CT molecular complexity index is 605. The number of pyridine rings is 1. The van der Waals surface area contributed by atoms with Crippen LogP contribution in [0.2, 0.25) is 0 Å². The zero-order valence-electron chi connectivity index (χ0n) is 9.76. The number of aromatic nitrogens is 3. The van der Waals surface area contributed by atoms with Crippen molar-refractivity contribution in [3.63, 3.8) is 0 Å². The first-order chi connectivity index (χ1) is 9.22. The van der Waals surface area contributed by atoms with Gasteiger partial charge in [-0.25, -0.2) is 0 Å². The minimum Gasteiger partial charge on any atom is -0.353 e. The van der Waals surface area contributed by atoms with Gasteiger partial charge in [0.25, 0.3) is 0 Å². The van der Waals surface area contributed by atoms with Gasteiger partial charge in [0, 0.05) is 29.0 Å². The average Bonchev–Trinajstić information content (AvgIpc) is 2.89. The normalized spacial score (nSPS) is 19.2. The van der Waals surface area contributed by atoms with E-state index in [0.29, 0.717) is 18.3 Å². The largest absolute Gasteiger partial charge is 0.353 e. The van der Waals surface area contributed by atoms with Gasteiger partial charge in [-0.05, 0) is 22.0 Å². The second kappa shape index (κ2) is 5.06. The smallest absolute Gasteiger partial charge is 0.245 e. The van der Waals surface area contributed by atoms with Crippen molar-refractivity contribution >= 4 is 21.8 Å². The molecule has 1 amide bonds. The first-order valence-electron chi connectivity index (χ1n) is 5.67. The molecule has 1 aliphatic heterocycles. The van der Waals surface area contributed by atoms with Gasteiger partial charge in [-0.15, -0.1) is 0 Å². The van der Waals surface area contributed by atoms with E-state index < -0.39 is 0 Å². The molecule has 2 aromatic heterocycles. The fourth-order valence-electron chi connectivity index (χ4n) is 1.77. The van der Waals surface area contributed by atoms with Crippen LogP contribution in [0.1, 0.15) is 11.9 Å². The molecule has 1 aliphatic rings. The number of carbonyl (C=O) groups excluding carboxylic acids is 1. The lowest BCUT2D eigenvalue weighted by Crippen LogP contribution is -2.47. The van der Waals surface area contributed by atoms with Gasteiger partial charge in [0.15, 0.2) is 0 Å². The summed E-state index contributed by atoms with van der Waals surface area (Å²) >= 11 is 3.34. The van der Waals surface area contributed by atoms with Crippen LogP contribution in [0.15, 0.2) is 27.5 Å². The molecular weight excluding hydrogens is 314 g/mol. The van der Waals surface area contributed by atoms with Crippen LogP contribution in [0.3, 0.4) is 0 Å². The summed E-state index contributed by atoms with van der Waals surface area (Å²) in [5.41, 5.74) is 0.768. The summed E-state index contributed by atoms with van der Waals surface area (Å²) in [5, 5.41) is 9.69. The second-order valence-corrected chi connectivity index (χ2v) is 5.00. The molecule has 1 saturated heterocycles. The Morgan fingerprint density at radius 3 is 3.05 bits per heavy atom. The molecule has 1 atom stereocenters. The van der Waals surface area contributed by atoms with Gasteiger partial charge in [0.1, 0.15) is 6.04 Å². The Morgan fingerprint density at radius 1 is 1.42 bits per heavy atom. The second-order valence-electron chi connectivity index (χ2n) is 4.09. The monoisotopic (exact) mass is 323 g/mol. The highest BCUT2D eigenvalue weighted by atomic mass is 79.9. The Balaban J connectivity index is 1.81. The standard InChI is InChI=1S/C11H10BrN5O2/c12-7-1-6(2-13-3-7)10-16-11(19-17-10)8-4-15-9(18)5-14-8/h1-3,8,14H,4-5H2,(H,15,18). The molecule has 2 aromatic rings. The first-order valence-corrected chi connectivity index (χ1v) is 6.46. The fraction of sp³-hybridized carbons (Fsp3) is 0.273. The van der Waals surface area contributed by atoms with Crippen LogP contribution in [0.4, 0.5) is 0 Å². The number of nitrogens with one attached hydrogen (secondary N) is 2. The van der Waals surface area contributed by atoms with Crippen molar-refractivity contribution in [3.8, 4) is 11.4 Å². The number of nitrogens with zero attached hydrogens (tertiary/aromatic N) is 3. The number of piperazine rings is 1. The lowest BCUT2D eigenvalue weighted by Gasteiger charge is -2.20. The molecule has 7 nitrogen and oxygen atoms in total. The van der Waals surface area contributed by atoms with E-state index in [2.05, 4.69) is 41.7 Å². The van der Waals surface area contributed by atoms with Crippen molar-refractivity contribution in [3.05, 3.63) is 28.8 Å². The van der Waals surface area contributed by atoms with E-state index in [1.807, 2.05) is 6.07 Å². The van der Waals surface area contributed by atoms with Crippen molar-refractivity contribution in [1.82, 2.24) is 25.8 Å². The van der Waals surface area contributed by atoms with E-state index in [-0.39, 0.29) is 18.5 Å². The first kappa shape index (κ1) is 12.2. The van der Waals surface area contributed by atoms with Gasteiger partial charge in [0.2, 0.25) is 17.6 Å². The van der Waals surface area contributed by atoms with Crippen LogP contribution < -0.4 is 10.6 Å². The number of halogens is 1. The van der Waals surface area contributed by atoms with E-state index in [9.17, 15) is 4.79 Å². The topological polar surface area (TPSA) is 92.9 Å². The Kier molecular flexibility index (Phi) is 3.26. The predicted molar refractivity (Wildman–Crippen MR) is 69.0 cm³/mol. The van der Waals surface area contributed by atoms with E-state index >= 15 is 0 Å². The summed E-state index contributed by atoms with van der Waals surface area (Å²) in [6, 6.07) is 1.71. The maximum atomic E-state index is 11.1. The van der Waals surface area contributed by atoms with Crippen molar-refractivity contribution < 1.29 is 9.32 Å². The molecule has 0 spiro atoms. The minimum absolute atomic E-state index is 0.0350. The Hall–Kier alpha value is -1.80. The van der Waals surface area contributed by atoms with Crippen LogP contribution in [-0.4, -0.2) is 34.1 Å². The number of hydrogen-bond donors (Lipinski definition) is 2. The molecule has 98 valence electrons. The molecule has 8 heteroatoms. The summed E-state index contributed by atoms with van der Waals surface area (Å²) in [6.07, 6.45) is 3.35. The summed E-state index contributed by atoms with van der Waals surface area (Å²) in [4.78, 5) is 19.4. The van der Waals surface area contributed by atoms with Gasteiger partial charge in [0.05, 0.1) is 6.54 Å². The SMILES string of the molecule is O=C1CNC(c2nc(-c3cncc(Br)c3)no2)CN1. The zero-order valence-corrected chi connectivity index (χ0v) is 11.3. The molecule has 1 unspecified atom stereocenters. The maximum Gasteiger partial charge on any atom is 0.245 e. The van der Waals surface area contributed by atoms with E-state index in [0.717, 1.165) is 10.0 Å². The average molecular weight is 324 g/mol. The number of rotatable bonds is 2. The molecule has 0 aliphatic carbocycles. The van der Waals surface area contributed by atoms with Crippen LogP contribution in [-0.2, 0) is 4.79 Å². The molecule has 0 radical (unpaired) electrons. The third kappa shape index (κ3) is 2.64. The fourth-order valence-corrected chi connectivity index (χ4v) is 2.13. The molecule has 3 rings (SSSR count). The van der Waals surface area contributed by atoms with Crippen LogP contribution in [0, 0.1) is 0 Å². The van der Waals surface area contributed by atoms with Crippen LogP contribution in [0.25, 0.3) is 11.4 Å². The molecule has 0 saturated carbocycles. The van der Waals surface area contributed by atoms with Crippen molar-refractivity contribution in [2.75, 3.05) is 13.1 Å². The third-order valence-corrected chi connectivity index (χ3v) is 3.15. The Labute approximate surface area is 116 Å². The highest BCUT2D eigenvalue weighted by Crippen LogP contribution is 2.21. The van der Waals surface area contributed by atoms with E-state index in [1.54, 1.807) is 12.4 Å². The predicted octanol–water partition coefficient (Wildman–Crippen LogP) is 0.655. The molecule has 0 bridgehead atoms. The highest BCUT2D eigenvalue weighted by Gasteiger charge is 2.24. The molecule has 2 N–H and O–H groups in total. The minimum atomic E-state index is -0.154. The van der Waals surface area contributed by atoms with Gasteiger partial charge in [-0.3, -0.25) is 15.1 Å². The van der Waals surface area contributed by atoms with E-state index in [4.69, 9.17) is 4.52 Å². The highest BCUT2D eigenvalue weighted by molar-refractivity contribution is 9.10. The number of amides is 1. The molecule has 3 heterocycles. The summed E-state index contributed by atoms with van der Waals surface area (Å²) in [7, 11) is 0. The quantitative estimate of drug-likeness (QED) is 0.843. The molecule has 1 fully saturated rings. The molecule has 0 aromatic carbocycles. The zero-order chi connectivity index (χ0) is 13.2. The molecular formula is C11H10BrN5O2. The summed E-state index contributed by atoms with van der Waals surface area (Å²) in [5.74, 6) is 0.893. The van der Waals surface area contributed by atoms with Crippen molar-refractivity contribution in [1.29, 1.82) is 0 Å². The number of carbonyl (C=O) groups is 1. The maximum absolute atomic E-state index is 11.1. The van der Waals surface area contributed by atoms with E-state index in [1.165, 1.54) is 0 Å². The van der Waals surface area contributed by atoms with Crippen LogP contribution >= 0.6 is 15.9 Å². The Morgan fingerprint density at radius 2 is 2.32 bits per heavy atom. The van der Waals surface area contributed by atoms with Crippen molar-refractivity contribution in [2.45, 2.75) is 6.04 Å². The summed E-state index contributed by atoms with van der Waals surface area (Å²) in [6.45, 7) is 0.692. The van der Waals surface area contributed by atoms with Crippen molar-refractivity contribution in [2.24, 2.45) is 0 Å². The van der Waals surface area contributed by atoms with Crippen LogP contribution in [0.5, 0.6) is 0 Å². The lowest BCUT2D eigenvalue weighted by atomic mass is 10.2.